The van der Waals surface area contributed by atoms with Gasteiger partial charge in [-0.2, -0.15) is 0 Å². The van der Waals surface area contributed by atoms with Crippen LogP contribution in [-0.4, -0.2) is 24.9 Å². The molecule has 0 heterocycles. The summed E-state index contributed by atoms with van der Waals surface area (Å²) in [6, 6.07) is 6.66. The Bertz CT molecular complexity index is 623. The molecular formula is C20H27FN2O2. The first-order valence-electron chi connectivity index (χ1n) is 9.31. The van der Waals surface area contributed by atoms with E-state index in [1.54, 1.807) is 0 Å². The minimum Gasteiger partial charge on any atom is -0.355 e. The third-order valence-corrected chi connectivity index (χ3v) is 5.74. The Morgan fingerprint density at radius 1 is 1.16 bits per heavy atom. The predicted octanol–water partition coefficient (Wildman–Crippen LogP) is 2.92. The van der Waals surface area contributed by atoms with Gasteiger partial charge in [-0.1, -0.05) is 31.9 Å². The van der Waals surface area contributed by atoms with Crippen LogP contribution in [0.2, 0.25) is 0 Å². The van der Waals surface area contributed by atoms with E-state index in [1.807, 2.05) is 12.1 Å². The van der Waals surface area contributed by atoms with Crippen LogP contribution in [0.1, 0.15) is 51.0 Å². The maximum atomic E-state index is 13.2. The van der Waals surface area contributed by atoms with E-state index in [0.29, 0.717) is 25.4 Å². The molecule has 0 aliphatic heterocycles. The number of halogens is 1. The zero-order valence-electron chi connectivity index (χ0n) is 14.8. The van der Waals surface area contributed by atoms with Crippen LogP contribution in [0.15, 0.2) is 24.3 Å². The third kappa shape index (κ3) is 4.39. The molecule has 136 valence electrons. The van der Waals surface area contributed by atoms with Crippen LogP contribution in [0.25, 0.3) is 0 Å². The van der Waals surface area contributed by atoms with Gasteiger partial charge in [0.15, 0.2) is 0 Å². The van der Waals surface area contributed by atoms with Gasteiger partial charge < -0.3 is 10.6 Å². The van der Waals surface area contributed by atoms with E-state index in [-0.39, 0.29) is 29.0 Å². The van der Waals surface area contributed by atoms with Gasteiger partial charge in [0.2, 0.25) is 11.8 Å². The first-order valence-corrected chi connectivity index (χ1v) is 9.31. The molecular weight excluding hydrogens is 319 g/mol. The minimum atomic E-state index is -0.235. The van der Waals surface area contributed by atoms with Gasteiger partial charge in [-0.05, 0) is 42.9 Å². The molecule has 1 aromatic rings. The van der Waals surface area contributed by atoms with Gasteiger partial charge in [-0.3, -0.25) is 9.59 Å². The van der Waals surface area contributed by atoms with Crippen molar-refractivity contribution < 1.29 is 14.0 Å². The largest absolute Gasteiger partial charge is 0.355 e. The number of carbonyl (C=O) groups is 2. The highest BCUT2D eigenvalue weighted by Crippen LogP contribution is 2.40. The van der Waals surface area contributed by atoms with Crippen molar-refractivity contribution in [2.75, 3.05) is 13.1 Å². The molecule has 4 nitrogen and oxygen atoms in total. The highest BCUT2D eigenvalue weighted by Gasteiger charge is 2.39. The van der Waals surface area contributed by atoms with Crippen LogP contribution in [0, 0.1) is 17.7 Å². The van der Waals surface area contributed by atoms with Gasteiger partial charge in [0.05, 0.1) is 0 Å². The van der Waals surface area contributed by atoms with Crippen LogP contribution in [0.4, 0.5) is 4.39 Å². The van der Waals surface area contributed by atoms with E-state index >= 15 is 0 Å². The van der Waals surface area contributed by atoms with E-state index < -0.39 is 0 Å². The molecule has 0 aromatic heterocycles. The number of benzene rings is 1. The molecule has 2 saturated carbocycles. The maximum Gasteiger partial charge on any atom is 0.223 e. The number of nitrogens with one attached hydrogen (secondary N) is 2. The molecule has 5 heteroatoms. The summed E-state index contributed by atoms with van der Waals surface area (Å²) >= 11 is 0. The monoisotopic (exact) mass is 346 g/mol. The molecule has 0 unspecified atom stereocenters. The van der Waals surface area contributed by atoms with Crippen LogP contribution in [-0.2, 0) is 15.0 Å². The topological polar surface area (TPSA) is 58.2 Å². The van der Waals surface area contributed by atoms with Crippen molar-refractivity contribution in [2.24, 2.45) is 11.8 Å². The lowest BCUT2D eigenvalue weighted by Gasteiger charge is -2.30. The van der Waals surface area contributed by atoms with Crippen molar-refractivity contribution in [3.63, 3.8) is 0 Å². The number of amides is 2. The van der Waals surface area contributed by atoms with E-state index in [1.165, 1.54) is 12.1 Å². The second kappa shape index (κ2) is 7.54. The fourth-order valence-electron chi connectivity index (χ4n) is 3.90. The molecule has 2 aliphatic rings. The molecule has 3 rings (SSSR count). The van der Waals surface area contributed by atoms with Gasteiger partial charge >= 0.3 is 0 Å². The molecule has 2 N–H and O–H groups in total. The van der Waals surface area contributed by atoms with Crippen molar-refractivity contribution >= 4 is 11.8 Å². The summed E-state index contributed by atoms with van der Waals surface area (Å²) in [6.45, 7) is 3.02. The fraction of sp³-hybridized carbons (Fsp3) is 0.600. The summed E-state index contributed by atoms with van der Waals surface area (Å²) in [4.78, 5) is 23.9. The van der Waals surface area contributed by atoms with Crippen molar-refractivity contribution in [2.45, 2.75) is 50.9 Å². The maximum absolute atomic E-state index is 13.2. The second-order valence-corrected chi connectivity index (χ2v) is 7.63. The summed E-state index contributed by atoms with van der Waals surface area (Å²) in [6.07, 6.45) is 5.53. The van der Waals surface area contributed by atoms with E-state index in [9.17, 15) is 14.0 Å². The fourth-order valence-corrected chi connectivity index (χ4v) is 3.90. The summed E-state index contributed by atoms with van der Waals surface area (Å²) in [5, 5.41) is 5.86. The molecule has 2 amide bonds. The molecule has 2 aliphatic carbocycles. The van der Waals surface area contributed by atoms with Crippen molar-refractivity contribution in [3.05, 3.63) is 35.6 Å². The smallest absolute Gasteiger partial charge is 0.223 e. The average Bonchev–Trinajstić information content (AvgIpc) is 3.14. The standard InChI is InChI=1S/C20H27FN2O2/c1-14-12-17(14)19(25)22-11-8-18(24)23-13-20(9-2-3-10-20)15-4-6-16(21)7-5-15/h4-7,14,17H,2-3,8-13H2,1H3,(H,22,25)(H,23,24)/t14-,17+/m1/s1. The van der Waals surface area contributed by atoms with Crippen molar-refractivity contribution in [1.29, 1.82) is 0 Å². The highest BCUT2D eigenvalue weighted by atomic mass is 19.1. The number of carbonyl (C=O) groups excluding carboxylic acids is 2. The van der Waals surface area contributed by atoms with E-state index in [0.717, 1.165) is 37.7 Å². The van der Waals surface area contributed by atoms with E-state index in [2.05, 4.69) is 17.6 Å². The van der Waals surface area contributed by atoms with Crippen LogP contribution in [0.5, 0.6) is 0 Å². The zero-order chi connectivity index (χ0) is 17.9. The van der Waals surface area contributed by atoms with Gasteiger partial charge in [0, 0.05) is 30.8 Å². The van der Waals surface area contributed by atoms with Crippen LogP contribution < -0.4 is 10.6 Å². The van der Waals surface area contributed by atoms with Crippen LogP contribution >= 0.6 is 0 Å². The molecule has 1 aromatic carbocycles. The Hall–Kier alpha value is -1.91. The minimum absolute atomic E-state index is 0.0440. The molecule has 25 heavy (non-hydrogen) atoms. The van der Waals surface area contributed by atoms with E-state index in [4.69, 9.17) is 0 Å². The summed E-state index contributed by atoms with van der Waals surface area (Å²) < 4.78 is 13.2. The summed E-state index contributed by atoms with van der Waals surface area (Å²) in [7, 11) is 0. The number of hydrogen-bond donors (Lipinski definition) is 2. The first kappa shape index (κ1) is 17.9. The number of hydrogen-bond acceptors (Lipinski definition) is 2. The molecule has 0 spiro atoms. The lowest BCUT2D eigenvalue weighted by molar-refractivity contribution is -0.123. The summed E-state index contributed by atoms with van der Waals surface area (Å²) in [5.41, 5.74) is 1.01. The average molecular weight is 346 g/mol. The Labute approximate surface area is 148 Å². The van der Waals surface area contributed by atoms with Gasteiger partial charge in [-0.25, -0.2) is 4.39 Å². The highest BCUT2D eigenvalue weighted by molar-refractivity contribution is 5.82. The van der Waals surface area contributed by atoms with Crippen molar-refractivity contribution in [1.82, 2.24) is 10.6 Å². The van der Waals surface area contributed by atoms with Gasteiger partial charge in [0.1, 0.15) is 5.82 Å². The molecule has 2 atom stereocenters. The molecule has 2 fully saturated rings. The Morgan fingerprint density at radius 2 is 1.80 bits per heavy atom. The van der Waals surface area contributed by atoms with Gasteiger partial charge in [0.25, 0.3) is 0 Å². The Kier molecular flexibility index (Phi) is 5.40. The summed E-state index contributed by atoms with van der Waals surface area (Å²) in [5.74, 6) is 0.410. The van der Waals surface area contributed by atoms with Gasteiger partial charge in [-0.15, -0.1) is 0 Å². The predicted molar refractivity (Wildman–Crippen MR) is 94.5 cm³/mol. The number of rotatable bonds is 7. The molecule has 0 saturated heterocycles. The second-order valence-electron chi connectivity index (χ2n) is 7.63. The lowest BCUT2D eigenvalue weighted by atomic mass is 9.79. The normalized spacial score (nSPS) is 23.9. The third-order valence-electron chi connectivity index (χ3n) is 5.74. The lowest BCUT2D eigenvalue weighted by Crippen LogP contribution is -2.40. The molecule has 0 bridgehead atoms. The quantitative estimate of drug-likeness (QED) is 0.797. The van der Waals surface area contributed by atoms with Crippen molar-refractivity contribution in [3.8, 4) is 0 Å². The molecule has 0 radical (unpaired) electrons. The Balaban J connectivity index is 1.47. The first-order chi connectivity index (χ1) is 12.0. The Morgan fingerprint density at radius 3 is 2.40 bits per heavy atom. The van der Waals surface area contributed by atoms with Crippen LogP contribution in [0.3, 0.4) is 0 Å². The zero-order valence-corrected chi connectivity index (χ0v) is 14.8. The SMILES string of the molecule is C[C@@H]1C[C@@H]1C(=O)NCCC(=O)NCC1(c2ccc(F)cc2)CCCC1.